The minimum Gasteiger partial charge on any atom is -0.373 e. The minimum absolute atomic E-state index is 0.401. The fourth-order valence-electron chi connectivity index (χ4n) is 2.45. The van der Waals surface area contributed by atoms with Crippen LogP contribution in [0.25, 0.3) is 10.1 Å². The van der Waals surface area contributed by atoms with Crippen LogP contribution >= 0.6 is 11.3 Å². The zero-order chi connectivity index (χ0) is 11.9. The van der Waals surface area contributed by atoms with Crippen molar-refractivity contribution in [2.24, 2.45) is 11.1 Å². The first kappa shape index (κ1) is 11.1. The molecule has 3 heteroatoms. The highest BCUT2D eigenvalue weighted by Gasteiger charge is 2.42. The highest BCUT2D eigenvalue weighted by molar-refractivity contribution is 7.17. The van der Waals surface area contributed by atoms with Crippen molar-refractivity contribution in [2.75, 3.05) is 25.0 Å². The molecular formula is C14H18N2S. The third-order valence-corrected chi connectivity index (χ3v) is 4.79. The molecule has 1 aliphatic rings. The van der Waals surface area contributed by atoms with E-state index in [1.165, 1.54) is 28.6 Å². The highest BCUT2D eigenvalue weighted by Crippen LogP contribution is 2.46. The summed E-state index contributed by atoms with van der Waals surface area (Å²) in [5.41, 5.74) is 7.61. The van der Waals surface area contributed by atoms with Crippen LogP contribution in [0.15, 0.2) is 29.6 Å². The van der Waals surface area contributed by atoms with E-state index >= 15 is 0 Å². The normalized spacial score (nSPS) is 17.3. The van der Waals surface area contributed by atoms with E-state index in [0.717, 1.165) is 13.1 Å². The average Bonchev–Trinajstić information content (AvgIpc) is 2.99. The Morgan fingerprint density at radius 3 is 2.82 bits per heavy atom. The van der Waals surface area contributed by atoms with E-state index in [-0.39, 0.29) is 0 Å². The molecule has 1 aromatic heterocycles. The van der Waals surface area contributed by atoms with Gasteiger partial charge in [-0.15, -0.1) is 11.3 Å². The van der Waals surface area contributed by atoms with Gasteiger partial charge in [-0.25, -0.2) is 0 Å². The molecule has 0 atom stereocenters. The van der Waals surface area contributed by atoms with Crippen LogP contribution < -0.4 is 10.6 Å². The molecule has 0 unspecified atom stereocenters. The van der Waals surface area contributed by atoms with Crippen molar-refractivity contribution in [1.29, 1.82) is 0 Å². The summed E-state index contributed by atoms with van der Waals surface area (Å²) in [6.07, 6.45) is 2.58. The van der Waals surface area contributed by atoms with Gasteiger partial charge in [0.1, 0.15) is 0 Å². The van der Waals surface area contributed by atoms with Crippen molar-refractivity contribution in [3.63, 3.8) is 0 Å². The molecule has 0 bridgehead atoms. The molecule has 1 heterocycles. The zero-order valence-electron chi connectivity index (χ0n) is 10.1. The summed E-state index contributed by atoms with van der Waals surface area (Å²) in [7, 11) is 2.18. The van der Waals surface area contributed by atoms with Crippen molar-refractivity contribution < 1.29 is 0 Å². The summed E-state index contributed by atoms with van der Waals surface area (Å²) in [6.45, 7) is 1.91. The second-order valence-corrected chi connectivity index (χ2v) is 6.09. The molecule has 1 saturated carbocycles. The van der Waals surface area contributed by atoms with Crippen LogP contribution in [-0.2, 0) is 0 Å². The molecule has 2 N–H and O–H groups in total. The Kier molecular flexibility index (Phi) is 2.60. The first-order valence-electron chi connectivity index (χ1n) is 6.12. The van der Waals surface area contributed by atoms with Crippen molar-refractivity contribution in [2.45, 2.75) is 12.8 Å². The van der Waals surface area contributed by atoms with Crippen LogP contribution in [-0.4, -0.2) is 20.1 Å². The van der Waals surface area contributed by atoms with E-state index in [1.54, 1.807) is 0 Å². The number of anilines is 1. The summed E-state index contributed by atoms with van der Waals surface area (Å²) in [5.74, 6) is 0. The molecule has 2 aromatic rings. The van der Waals surface area contributed by atoms with E-state index < -0.39 is 0 Å². The number of benzene rings is 1. The topological polar surface area (TPSA) is 29.3 Å². The lowest BCUT2D eigenvalue weighted by molar-refractivity contribution is 0.524. The summed E-state index contributed by atoms with van der Waals surface area (Å²) in [5, 5.41) is 3.63. The van der Waals surface area contributed by atoms with Crippen molar-refractivity contribution in [3.8, 4) is 0 Å². The first-order chi connectivity index (χ1) is 8.24. The molecule has 0 radical (unpaired) electrons. The molecule has 2 nitrogen and oxygen atoms in total. The van der Waals surface area contributed by atoms with Gasteiger partial charge < -0.3 is 10.6 Å². The molecule has 1 aromatic carbocycles. The Morgan fingerprint density at radius 2 is 2.12 bits per heavy atom. The number of rotatable bonds is 4. The Hall–Kier alpha value is -1.06. The summed E-state index contributed by atoms with van der Waals surface area (Å²) in [6, 6.07) is 8.61. The molecule has 17 heavy (non-hydrogen) atoms. The second-order valence-electron chi connectivity index (χ2n) is 5.18. The summed E-state index contributed by atoms with van der Waals surface area (Å²) < 4.78 is 1.37. The largest absolute Gasteiger partial charge is 0.373 e. The Balaban J connectivity index is 1.88. The number of nitrogens with two attached hydrogens (primary N) is 1. The quantitative estimate of drug-likeness (QED) is 0.898. The van der Waals surface area contributed by atoms with Gasteiger partial charge in [-0.05, 0) is 25.5 Å². The lowest BCUT2D eigenvalue weighted by Gasteiger charge is -2.24. The number of fused-ring (bicyclic) bond motifs is 1. The highest BCUT2D eigenvalue weighted by atomic mass is 32.1. The number of nitrogens with zero attached hydrogens (tertiary/aromatic N) is 1. The molecule has 1 aliphatic carbocycles. The van der Waals surface area contributed by atoms with Crippen LogP contribution in [0.2, 0.25) is 0 Å². The van der Waals surface area contributed by atoms with E-state index in [2.05, 4.69) is 41.6 Å². The molecule has 0 aliphatic heterocycles. The van der Waals surface area contributed by atoms with Gasteiger partial charge in [0, 0.05) is 34.5 Å². The lowest BCUT2D eigenvalue weighted by atomic mass is 10.1. The number of thiophene rings is 1. The lowest BCUT2D eigenvalue weighted by Crippen LogP contribution is -2.31. The Bertz CT molecular complexity index is 528. The van der Waals surface area contributed by atoms with Gasteiger partial charge in [0.25, 0.3) is 0 Å². The van der Waals surface area contributed by atoms with Crippen LogP contribution in [0.5, 0.6) is 0 Å². The predicted octanol–water partition coefficient (Wildman–Crippen LogP) is 3.08. The first-order valence-corrected chi connectivity index (χ1v) is 7.00. The van der Waals surface area contributed by atoms with Gasteiger partial charge in [0.2, 0.25) is 0 Å². The molecule has 0 spiro atoms. The van der Waals surface area contributed by atoms with Crippen molar-refractivity contribution in [1.82, 2.24) is 0 Å². The smallest absolute Gasteiger partial charge is 0.0552 e. The van der Waals surface area contributed by atoms with Crippen LogP contribution in [0.1, 0.15) is 12.8 Å². The van der Waals surface area contributed by atoms with Gasteiger partial charge in [-0.2, -0.15) is 0 Å². The molecule has 1 fully saturated rings. The maximum Gasteiger partial charge on any atom is 0.0552 e. The SMILES string of the molecule is CN(CC1(CN)CC1)c1csc2ccccc12. The standard InChI is InChI=1S/C14H18N2S/c1-16(10-14(9-15)6-7-14)12-8-17-13-5-3-2-4-11(12)13/h2-5,8H,6-7,9-10,15H2,1H3. The third-order valence-electron chi connectivity index (χ3n) is 3.83. The van der Waals surface area contributed by atoms with Crippen LogP contribution in [0, 0.1) is 5.41 Å². The van der Waals surface area contributed by atoms with Crippen molar-refractivity contribution in [3.05, 3.63) is 29.6 Å². The molecular weight excluding hydrogens is 228 g/mol. The van der Waals surface area contributed by atoms with Gasteiger partial charge in [0.15, 0.2) is 0 Å². The van der Waals surface area contributed by atoms with E-state index in [4.69, 9.17) is 5.73 Å². The fourth-order valence-corrected chi connectivity index (χ4v) is 3.45. The van der Waals surface area contributed by atoms with Gasteiger partial charge in [-0.1, -0.05) is 18.2 Å². The molecule has 0 saturated heterocycles. The van der Waals surface area contributed by atoms with E-state index in [1.807, 2.05) is 11.3 Å². The second kappa shape index (κ2) is 4.00. The van der Waals surface area contributed by atoms with Gasteiger partial charge in [0.05, 0.1) is 5.69 Å². The fraction of sp³-hybridized carbons (Fsp3) is 0.429. The third kappa shape index (κ3) is 1.94. The van der Waals surface area contributed by atoms with Gasteiger partial charge in [-0.3, -0.25) is 0 Å². The average molecular weight is 246 g/mol. The van der Waals surface area contributed by atoms with Gasteiger partial charge >= 0.3 is 0 Å². The summed E-state index contributed by atoms with van der Waals surface area (Å²) >= 11 is 1.82. The molecule has 3 rings (SSSR count). The molecule has 0 amide bonds. The zero-order valence-corrected chi connectivity index (χ0v) is 11.0. The van der Waals surface area contributed by atoms with Crippen molar-refractivity contribution >= 4 is 27.1 Å². The van der Waals surface area contributed by atoms with Crippen LogP contribution in [0.3, 0.4) is 0 Å². The van der Waals surface area contributed by atoms with E-state index in [9.17, 15) is 0 Å². The molecule has 90 valence electrons. The minimum atomic E-state index is 0.401. The van der Waals surface area contributed by atoms with E-state index in [0.29, 0.717) is 5.41 Å². The number of hydrogen-bond acceptors (Lipinski definition) is 3. The Morgan fingerprint density at radius 1 is 1.35 bits per heavy atom. The van der Waals surface area contributed by atoms with Crippen LogP contribution in [0.4, 0.5) is 5.69 Å². The monoisotopic (exact) mass is 246 g/mol. The predicted molar refractivity (Wildman–Crippen MR) is 75.8 cm³/mol. The summed E-state index contributed by atoms with van der Waals surface area (Å²) in [4.78, 5) is 2.37. The maximum atomic E-state index is 5.86. The Labute approximate surface area is 106 Å². The maximum absolute atomic E-state index is 5.86. The number of hydrogen-bond donors (Lipinski definition) is 1.